The van der Waals surface area contributed by atoms with Crippen molar-refractivity contribution < 1.29 is 9.59 Å². The number of carbonyl (C=O) groups is 2. The molecule has 1 aromatic carbocycles. The van der Waals surface area contributed by atoms with E-state index >= 15 is 0 Å². The Morgan fingerprint density at radius 2 is 1.91 bits per heavy atom. The van der Waals surface area contributed by atoms with Crippen LogP contribution >= 0.6 is 11.3 Å². The number of benzene rings is 1. The summed E-state index contributed by atoms with van der Waals surface area (Å²) in [6.45, 7) is 0.488. The van der Waals surface area contributed by atoms with Crippen LogP contribution in [0.3, 0.4) is 0 Å². The summed E-state index contributed by atoms with van der Waals surface area (Å²) in [6.07, 6.45) is 0.258. The molecule has 0 atom stereocenters. The number of para-hydroxylation sites is 1. The topological polar surface area (TPSA) is 61.4 Å². The van der Waals surface area contributed by atoms with Gasteiger partial charge in [0.1, 0.15) is 0 Å². The largest absolute Gasteiger partial charge is 0.349 e. The maximum absolute atomic E-state index is 12.0. The van der Waals surface area contributed by atoms with Crippen LogP contribution in [0.4, 0.5) is 10.5 Å². The van der Waals surface area contributed by atoms with Gasteiger partial charge in [-0.2, -0.15) is 0 Å². The first-order valence-corrected chi connectivity index (χ1v) is 7.79. The molecule has 2 aromatic rings. The van der Waals surface area contributed by atoms with E-state index in [-0.39, 0.29) is 18.4 Å². The average molecular weight is 317 g/mol. The lowest BCUT2D eigenvalue weighted by molar-refractivity contribution is -0.127. The van der Waals surface area contributed by atoms with Crippen molar-refractivity contribution in [3.8, 4) is 0 Å². The lowest BCUT2D eigenvalue weighted by Gasteiger charge is -2.14. The van der Waals surface area contributed by atoms with Crippen LogP contribution in [0.2, 0.25) is 0 Å². The molecule has 5 nitrogen and oxygen atoms in total. The predicted octanol–water partition coefficient (Wildman–Crippen LogP) is 2.70. The van der Waals surface area contributed by atoms with Gasteiger partial charge in [0.2, 0.25) is 5.91 Å². The molecule has 0 aliphatic heterocycles. The molecule has 2 rings (SSSR count). The lowest BCUT2D eigenvalue weighted by atomic mass is 10.1. The predicted molar refractivity (Wildman–Crippen MR) is 89.0 cm³/mol. The summed E-state index contributed by atoms with van der Waals surface area (Å²) in [5, 5.41) is 7.57. The van der Waals surface area contributed by atoms with Gasteiger partial charge in [-0.15, -0.1) is 11.3 Å². The van der Waals surface area contributed by atoms with E-state index in [1.807, 2.05) is 35.7 Å². The Morgan fingerprint density at radius 3 is 2.59 bits per heavy atom. The van der Waals surface area contributed by atoms with Gasteiger partial charge >= 0.3 is 6.03 Å². The zero-order valence-corrected chi connectivity index (χ0v) is 13.4. The molecule has 0 aliphatic carbocycles. The lowest BCUT2D eigenvalue weighted by Crippen LogP contribution is -2.29. The standard InChI is InChI=1S/C16H19N3O2S/c1-19(2)15(20)10-12-6-3-4-8-14(12)18-16(21)17-11-13-7-5-9-22-13/h3-9H,10-11H2,1-2H3,(H2,17,18,21). The highest BCUT2D eigenvalue weighted by Crippen LogP contribution is 2.16. The molecule has 0 saturated heterocycles. The quantitative estimate of drug-likeness (QED) is 0.890. The van der Waals surface area contributed by atoms with Gasteiger partial charge in [-0.3, -0.25) is 4.79 Å². The van der Waals surface area contributed by atoms with Gasteiger partial charge in [-0.05, 0) is 23.1 Å². The van der Waals surface area contributed by atoms with Crippen LogP contribution in [0.15, 0.2) is 41.8 Å². The van der Waals surface area contributed by atoms with E-state index < -0.39 is 0 Å². The summed E-state index contributed by atoms with van der Waals surface area (Å²) in [7, 11) is 3.43. The highest BCUT2D eigenvalue weighted by atomic mass is 32.1. The number of amides is 3. The number of nitrogens with zero attached hydrogens (tertiary/aromatic N) is 1. The second-order valence-corrected chi connectivity index (χ2v) is 6.04. The highest BCUT2D eigenvalue weighted by molar-refractivity contribution is 7.09. The molecule has 0 radical (unpaired) electrons. The third kappa shape index (κ3) is 4.60. The number of rotatable bonds is 5. The minimum atomic E-state index is -0.279. The van der Waals surface area contributed by atoms with Gasteiger partial charge < -0.3 is 15.5 Å². The van der Waals surface area contributed by atoms with Crippen molar-refractivity contribution in [3.63, 3.8) is 0 Å². The number of hydrogen-bond acceptors (Lipinski definition) is 3. The molecule has 116 valence electrons. The van der Waals surface area contributed by atoms with Crippen molar-refractivity contribution in [2.45, 2.75) is 13.0 Å². The van der Waals surface area contributed by atoms with Crippen LogP contribution in [0.1, 0.15) is 10.4 Å². The van der Waals surface area contributed by atoms with Crippen molar-refractivity contribution >= 4 is 29.0 Å². The molecule has 0 fully saturated rings. The second kappa shape index (κ2) is 7.61. The number of carbonyl (C=O) groups excluding carboxylic acids is 2. The molecule has 1 heterocycles. The van der Waals surface area contributed by atoms with Crippen LogP contribution < -0.4 is 10.6 Å². The second-order valence-electron chi connectivity index (χ2n) is 5.01. The van der Waals surface area contributed by atoms with Gasteiger partial charge in [0.05, 0.1) is 13.0 Å². The third-order valence-corrected chi connectivity index (χ3v) is 3.99. The first kappa shape index (κ1) is 16.0. The van der Waals surface area contributed by atoms with E-state index in [2.05, 4.69) is 10.6 Å². The van der Waals surface area contributed by atoms with Gasteiger partial charge in [-0.25, -0.2) is 4.79 Å². The van der Waals surface area contributed by atoms with Crippen LogP contribution in [0.25, 0.3) is 0 Å². The van der Waals surface area contributed by atoms with Crippen LogP contribution in [-0.4, -0.2) is 30.9 Å². The molecule has 0 spiro atoms. The number of likely N-dealkylation sites (N-methyl/N-ethyl adjacent to an activating group) is 1. The Labute approximate surface area is 134 Å². The normalized spacial score (nSPS) is 10.1. The first-order valence-electron chi connectivity index (χ1n) is 6.91. The van der Waals surface area contributed by atoms with Crippen molar-refractivity contribution in [2.75, 3.05) is 19.4 Å². The van der Waals surface area contributed by atoms with Crippen LogP contribution in [-0.2, 0) is 17.8 Å². The average Bonchev–Trinajstić information content (AvgIpc) is 3.00. The minimum Gasteiger partial charge on any atom is -0.349 e. The molecule has 1 aromatic heterocycles. The monoisotopic (exact) mass is 317 g/mol. The number of thiophene rings is 1. The summed E-state index contributed by atoms with van der Waals surface area (Å²) < 4.78 is 0. The fourth-order valence-electron chi connectivity index (χ4n) is 1.86. The van der Waals surface area contributed by atoms with Crippen molar-refractivity contribution in [1.29, 1.82) is 0 Å². The maximum Gasteiger partial charge on any atom is 0.319 e. The zero-order valence-electron chi connectivity index (χ0n) is 12.6. The van der Waals surface area contributed by atoms with Crippen LogP contribution in [0.5, 0.6) is 0 Å². The molecule has 3 amide bonds. The summed E-state index contributed by atoms with van der Waals surface area (Å²) in [5.74, 6) is -0.00626. The summed E-state index contributed by atoms with van der Waals surface area (Å²) in [5.41, 5.74) is 1.45. The van der Waals surface area contributed by atoms with E-state index in [1.54, 1.807) is 31.5 Å². The summed E-state index contributed by atoms with van der Waals surface area (Å²) in [6, 6.07) is 11.0. The molecular weight excluding hydrogens is 298 g/mol. The van der Waals surface area contributed by atoms with Gasteiger partial charge in [0.25, 0.3) is 0 Å². The Bertz CT molecular complexity index is 639. The number of anilines is 1. The van der Waals surface area contributed by atoms with E-state index in [0.29, 0.717) is 12.2 Å². The molecular formula is C16H19N3O2S. The highest BCUT2D eigenvalue weighted by Gasteiger charge is 2.11. The number of nitrogens with one attached hydrogen (secondary N) is 2. The zero-order chi connectivity index (χ0) is 15.9. The van der Waals surface area contributed by atoms with E-state index in [1.165, 1.54) is 4.90 Å². The summed E-state index contributed by atoms with van der Waals surface area (Å²) >= 11 is 1.59. The SMILES string of the molecule is CN(C)C(=O)Cc1ccccc1NC(=O)NCc1cccs1. The fraction of sp³-hybridized carbons (Fsp3) is 0.250. The summed E-state index contributed by atoms with van der Waals surface area (Å²) in [4.78, 5) is 26.4. The third-order valence-electron chi connectivity index (χ3n) is 3.11. The van der Waals surface area contributed by atoms with Crippen LogP contribution in [0, 0.1) is 0 Å². The smallest absolute Gasteiger partial charge is 0.319 e. The molecule has 0 bridgehead atoms. The first-order chi connectivity index (χ1) is 10.6. The van der Waals surface area contributed by atoms with Crippen molar-refractivity contribution in [3.05, 3.63) is 52.2 Å². The molecule has 0 aliphatic rings. The molecule has 2 N–H and O–H groups in total. The molecule has 22 heavy (non-hydrogen) atoms. The number of urea groups is 1. The molecule has 0 unspecified atom stereocenters. The maximum atomic E-state index is 12.0. The minimum absolute atomic E-state index is 0.00626. The van der Waals surface area contributed by atoms with E-state index in [0.717, 1.165) is 10.4 Å². The molecule has 6 heteroatoms. The van der Waals surface area contributed by atoms with Crippen molar-refractivity contribution in [2.24, 2.45) is 0 Å². The van der Waals surface area contributed by atoms with Gasteiger partial charge in [-0.1, -0.05) is 24.3 Å². The Kier molecular flexibility index (Phi) is 5.55. The van der Waals surface area contributed by atoms with E-state index in [9.17, 15) is 9.59 Å². The fourth-order valence-corrected chi connectivity index (χ4v) is 2.51. The van der Waals surface area contributed by atoms with Crippen molar-refractivity contribution in [1.82, 2.24) is 10.2 Å². The Hall–Kier alpha value is -2.34. The van der Waals surface area contributed by atoms with E-state index in [4.69, 9.17) is 0 Å². The number of hydrogen-bond donors (Lipinski definition) is 2. The van der Waals surface area contributed by atoms with Gasteiger partial charge in [0.15, 0.2) is 0 Å². The Balaban J connectivity index is 1.96. The molecule has 0 saturated carbocycles. The Morgan fingerprint density at radius 1 is 1.14 bits per heavy atom. The van der Waals surface area contributed by atoms with Gasteiger partial charge in [0, 0.05) is 24.7 Å².